The number of rotatable bonds is 9. The number of oxime groups is 1. The van der Waals surface area contributed by atoms with Gasteiger partial charge in [-0.2, -0.15) is 0 Å². The molecule has 2 amide bonds. The lowest BCUT2D eigenvalue weighted by Gasteiger charge is -2.49. The molecular formula is C18H17N7O5S4. The number of thioether (sulfide) groups is 2. The maximum Gasteiger partial charge on any atom is 0.352 e. The fraction of sp³-hybridized carbons (Fsp3) is 0.389. The fourth-order valence-corrected chi connectivity index (χ4v) is 6.74. The molecule has 1 aliphatic carbocycles. The van der Waals surface area contributed by atoms with E-state index in [-0.39, 0.29) is 28.3 Å². The topological polar surface area (TPSA) is 173 Å². The largest absolute Gasteiger partial charge is 0.477 e. The van der Waals surface area contributed by atoms with E-state index in [1.54, 1.807) is 11.6 Å². The Bertz CT molecular complexity index is 1190. The Kier molecular flexibility index (Phi) is 6.46. The van der Waals surface area contributed by atoms with Crippen LogP contribution in [0.15, 0.2) is 32.2 Å². The lowest BCUT2D eigenvalue weighted by Crippen LogP contribution is -2.71. The average molecular weight is 540 g/mol. The maximum absolute atomic E-state index is 13.0. The van der Waals surface area contributed by atoms with E-state index in [4.69, 9.17) is 10.6 Å². The summed E-state index contributed by atoms with van der Waals surface area (Å²) in [6, 6.07) is -0.895. The highest BCUT2D eigenvalue weighted by Crippen LogP contribution is 2.41. The molecule has 1 saturated heterocycles. The predicted molar refractivity (Wildman–Crippen MR) is 127 cm³/mol. The Morgan fingerprint density at radius 1 is 1.41 bits per heavy atom. The summed E-state index contributed by atoms with van der Waals surface area (Å²) < 4.78 is 4.64. The molecule has 0 aromatic carbocycles. The first-order valence-corrected chi connectivity index (χ1v) is 13.7. The zero-order chi connectivity index (χ0) is 23.8. The zero-order valence-corrected chi connectivity index (χ0v) is 20.5. The minimum absolute atomic E-state index is 0.0335. The summed E-state index contributed by atoms with van der Waals surface area (Å²) in [5.41, 5.74) is 6.46. The van der Waals surface area contributed by atoms with Crippen molar-refractivity contribution in [2.45, 2.75) is 34.6 Å². The number of aliphatic carboxylic acids is 1. The summed E-state index contributed by atoms with van der Waals surface area (Å²) in [6.45, 7) is 0. The number of carboxylic acid groups (broad SMARTS) is 1. The standard InChI is InChI=1S/C18H17N7O5S4/c19-18-21-9(6-33-18)11(23-30-8-1-2-8)14(26)22-12-15(27)25-13(17(28)29)7(5-32-16(12)25)4-31-10-3-20-24-34-10/h3,6,8,12,16H,1-2,4-5H2,(H2,19,21)(H,22,26)(H,28,29)/b23-11+/t12-,16-/m1/s1. The van der Waals surface area contributed by atoms with Crippen molar-refractivity contribution in [3.8, 4) is 0 Å². The number of nitrogen functional groups attached to an aromatic ring is 1. The Morgan fingerprint density at radius 2 is 2.24 bits per heavy atom. The summed E-state index contributed by atoms with van der Waals surface area (Å²) >= 11 is 5.19. The average Bonchev–Trinajstić information content (AvgIpc) is 3.30. The molecule has 0 unspecified atom stereocenters. The molecule has 4 N–H and O–H groups in total. The Labute approximate surface area is 209 Å². The quantitative estimate of drug-likeness (QED) is 0.179. The molecule has 2 aromatic rings. The van der Waals surface area contributed by atoms with Crippen LogP contribution in [0.5, 0.6) is 0 Å². The molecule has 5 rings (SSSR count). The van der Waals surface area contributed by atoms with Gasteiger partial charge in [-0.1, -0.05) is 9.64 Å². The summed E-state index contributed by atoms with van der Waals surface area (Å²) in [4.78, 5) is 48.6. The van der Waals surface area contributed by atoms with Crippen molar-refractivity contribution < 1.29 is 24.3 Å². The van der Waals surface area contributed by atoms with Crippen LogP contribution in [0.3, 0.4) is 0 Å². The lowest BCUT2D eigenvalue weighted by molar-refractivity contribution is -0.150. The number of hydrogen-bond donors (Lipinski definition) is 3. The van der Waals surface area contributed by atoms with E-state index in [0.717, 1.165) is 28.4 Å². The van der Waals surface area contributed by atoms with E-state index in [0.29, 0.717) is 17.1 Å². The normalized spacial score (nSPS) is 22.3. The van der Waals surface area contributed by atoms with Gasteiger partial charge in [-0.3, -0.25) is 14.5 Å². The highest BCUT2D eigenvalue weighted by Gasteiger charge is 2.54. The van der Waals surface area contributed by atoms with Crippen LogP contribution in [-0.2, 0) is 19.2 Å². The van der Waals surface area contributed by atoms with Crippen molar-refractivity contribution in [3.63, 3.8) is 0 Å². The summed E-state index contributed by atoms with van der Waals surface area (Å²) in [6.07, 6.45) is 3.29. The second-order valence-corrected chi connectivity index (χ2v) is 11.5. The summed E-state index contributed by atoms with van der Waals surface area (Å²) in [7, 11) is 0. The number of nitrogens with zero attached hydrogens (tertiary/aromatic N) is 5. The highest BCUT2D eigenvalue weighted by molar-refractivity contribution is 8.01. The van der Waals surface area contributed by atoms with E-state index >= 15 is 0 Å². The van der Waals surface area contributed by atoms with Gasteiger partial charge in [0.25, 0.3) is 11.8 Å². The summed E-state index contributed by atoms with van der Waals surface area (Å²) in [5.74, 6) is -1.50. The SMILES string of the molecule is Nc1nc(/C(=N\OC2CC2)C(=O)N[C@@H]2C(=O)N3C(C(=O)O)=C(CSc4cnns4)CS[C@H]23)cs1. The van der Waals surface area contributed by atoms with Crippen LogP contribution in [0, 0.1) is 0 Å². The molecule has 2 aromatic heterocycles. The number of hydrogen-bond acceptors (Lipinski definition) is 13. The smallest absolute Gasteiger partial charge is 0.352 e. The number of aromatic nitrogens is 3. The molecule has 4 heterocycles. The zero-order valence-electron chi connectivity index (χ0n) is 17.2. The van der Waals surface area contributed by atoms with Crippen molar-refractivity contribution in [1.82, 2.24) is 24.8 Å². The van der Waals surface area contributed by atoms with Crippen LogP contribution < -0.4 is 11.1 Å². The van der Waals surface area contributed by atoms with Gasteiger partial charge in [0.2, 0.25) is 0 Å². The van der Waals surface area contributed by atoms with Crippen LogP contribution in [0.1, 0.15) is 18.5 Å². The van der Waals surface area contributed by atoms with Gasteiger partial charge in [0.1, 0.15) is 33.1 Å². The van der Waals surface area contributed by atoms with Crippen molar-refractivity contribution in [3.05, 3.63) is 28.5 Å². The Balaban J connectivity index is 1.31. The number of fused-ring (bicyclic) bond motifs is 1. The third-order valence-corrected chi connectivity index (χ3v) is 9.00. The highest BCUT2D eigenvalue weighted by atomic mass is 32.2. The Morgan fingerprint density at radius 3 is 2.88 bits per heavy atom. The molecule has 1 saturated carbocycles. The first-order chi connectivity index (χ1) is 16.4. The number of thiazole rings is 1. The van der Waals surface area contributed by atoms with E-state index in [1.165, 1.54) is 40.0 Å². The molecule has 0 radical (unpaired) electrons. The second-order valence-electron chi connectivity index (χ2n) is 7.46. The molecule has 34 heavy (non-hydrogen) atoms. The molecule has 0 spiro atoms. The number of β-lactam (4-membered cyclic amide) rings is 1. The first kappa shape index (κ1) is 23.1. The van der Waals surface area contributed by atoms with Crippen LogP contribution in [-0.4, -0.2) is 77.1 Å². The number of nitrogens with two attached hydrogens (primary N) is 1. The third kappa shape index (κ3) is 4.62. The molecule has 2 fully saturated rings. The lowest BCUT2D eigenvalue weighted by atomic mass is 10.0. The van der Waals surface area contributed by atoms with Crippen LogP contribution in [0.25, 0.3) is 0 Å². The molecule has 12 nitrogen and oxygen atoms in total. The van der Waals surface area contributed by atoms with E-state index in [9.17, 15) is 19.5 Å². The molecule has 2 aliphatic heterocycles. The van der Waals surface area contributed by atoms with Crippen molar-refractivity contribution in [2.24, 2.45) is 5.16 Å². The van der Waals surface area contributed by atoms with Gasteiger partial charge >= 0.3 is 5.97 Å². The second kappa shape index (κ2) is 9.52. The predicted octanol–water partition coefficient (Wildman–Crippen LogP) is 0.991. The number of carbonyl (C=O) groups is 3. The minimum Gasteiger partial charge on any atom is -0.477 e. The molecule has 178 valence electrons. The molecule has 3 aliphatic rings. The van der Waals surface area contributed by atoms with Crippen LogP contribution in [0.4, 0.5) is 5.13 Å². The number of carbonyl (C=O) groups excluding carboxylic acids is 2. The van der Waals surface area contributed by atoms with E-state index in [1.807, 2.05) is 0 Å². The van der Waals surface area contributed by atoms with Gasteiger partial charge in [-0.25, -0.2) is 9.78 Å². The summed E-state index contributed by atoms with van der Waals surface area (Å²) in [5, 5.41) is 21.5. The van der Waals surface area contributed by atoms with Gasteiger partial charge in [0.05, 0.1) is 6.20 Å². The molecule has 0 bridgehead atoms. The van der Waals surface area contributed by atoms with Crippen molar-refractivity contribution in [1.29, 1.82) is 0 Å². The van der Waals surface area contributed by atoms with Gasteiger partial charge < -0.3 is 21.0 Å². The number of nitrogens with one attached hydrogen (secondary N) is 1. The van der Waals surface area contributed by atoms with E-state index in [2.05, 4.69) is 25.0 Å². The van der Waals surface area contributed by atoms with Crippen LogP contribution in [0.2, 0.25) is 0 Å². The number of amides is 2. The van der Waals surface area contributed by atoms with Gasteiger partial charge in [-0.05, 0) is 29.9 Å². The van der Waals surface area contributed by atoms with Gasteiger partial charge in [0, 0.05) is 16.9 Å². The third-order valence-electron chi connectivity index (χ3n) is 5.06. The Hall–Kier alpha value is -2.69. The number of anilines is 1. The van der Waals surface area contributed by atoms with Crippen molar-refractivity contribution >= 4 is 75.0 Å². The molecule has 16 heteroatoms. The van der Waals surface area contributed by atoms with E-state index < -0.39 is 29.2 Å². The van der Waals surface area contributed by atoms with Gasteiger partial charge in [0.15, 0.2) is 10.8 Å². The number of carboxylic acids is 1. The monoisotopic (exact) mass is 539 g/mol. The fourth-order valence-electron chi connectivity index (χ4n) is 3.29. The van der Waals surface area contributed by atoms with Gasteiger partial charge in [-0.15, -0.1) is 40.0 Å². The first-order valence-electron chi connectivity index (χ1n) is 9.98. The molecular weight excluding hydrogens is 523 g/mol. The van der Waals surface area contributed by atoms with Crippen LogP contribution >= 0.6 is 46.4 Å². The molecule has 2 atom stereocenters. The minimum atomic E-state index is -1.18. The maximum atomic E-state index is 13.0. The van der Waals surface area contributed by atoms with Crippen molar-refractivity contribution in [2.75, 3.05) is 17.2 Å².